The number of halogens is 4. The number of hydrogen-bond acceptors (Lipinski definition) is 2. The quantitative estimate of drug-likeness (QED) is 0.728. The minimum absolute atomic E-state index is 0.137. The highest BCUT2D eigenvalue weighted by molar-refractivity contribution is 5.97. The first kappa shape index (κ1) is 21.4. The monoisotopic (exact) mass is 396 g/mol. The van der Waals surface area contributed by atoms with Gasteiger partial charge in [-0.1, -0.05) is 38.1 Å². The van der Waals surface area contributed by atoms with E-state index in [0.29, 0.717) is 0 Å². The van der Waals surface area contributed by atoms with Gasteiger partial charge in [0.2, 0.25) is 5.91 Å². The largest absolute Gasteiger partial charge is 0.416 e. The van der Waals surface area contributed by atoms with Crippen LogP contribution in [0, 0.1) is 11.7 Å². The molecule has 0 bridgehead atoms. The van der Waals surface area contributed by atoms with E-state index in [1.165, 1.54) is 30.3 Å². The Balaban J connectivity index is 2.06. The molecule has 0 aliphatic carbocycles. The third-order valence-electron chi connectivity index (χ3n) is 4.08. The Bertz CT molecular complexity index is 850. The lowest BCUT2D eigenvalue weighted by Gasteiger charge is -2.22. The summed E-state index contributed by atoms with van der Waals surface area (Å²) in [6.07, 6.45) is -4.48. The van der Waals surface area contributed by atoms with Crippen molar-refractivity contribution in [3.63, 3.8) is 0 Å². The highest BCUT2D eigenvalue weighted by Crippen LogP contribution is 2.29. The Morgan fingerprint density at radius 3 is 2.32 bits per heavy atom. The van der Waals surface area contributed by atoms with E-state index in [4.69, 9.17) is 0 Å². The number of carbonyl (C=O) groups excluding carboxylic acids is 2. The molecule has 2 rings (SSSR count). The summed E-state index contributed by atoms with van der Waals surface area (Å²) in [6, 6.07) is 8.99. The number of carbonyl (C=O) groups is 2. The number of amides is 2. The maximum Gasteiger partial charge on any atom is 0.416 e. The van der Waals surface area contributed by atoms with Crippen LogP contribution < -0.4 is 10.6 Å². The fraction of sp³-hybridized carbons (Fsp3) is 0.300. The first-order valence-corrected chi connectivity index (χ1v) is 8.59. The van der Waals surface area contributed by atoms with Crippen LogP contribution in [0.15, 0.2) is 48.5 Å². The summed E-state index contributed by atoms with van der Waals surface area (Å²) in [5.41, 5.74) is -0.738. The fourth-order valence-electron chi connectivity index (χ4n) is 2.56. The Morgan fingerprint density at radius 1 is 1.04 bits per heavy atom. The number of alkyl halides is 3. The minimum Gasteiger partial charge on any atom is -0.350 e. The predicted octanol–water partition coefficient (Wildman–Crippen LogP) is 3.92. The Morgan fingerprint density at radius 2 is 1.71 bits per heavy atom. The van der Waals surface area contributed by atoms with Gasteiger partial charge in [0.25, 0.3) is 5.91 Å². The fourth-order valence-corrected chi connectivity index (χ4v) is 2.56. The molecule has 0 fully saturated rings. The molecular formula is C20H20F4N2O2. The number of hydrogen-bond donors (Lipinski definition) is 2. The summed E-state index contributed by atoms with van der Waals surface area (Å²) in [6.45, 7) is 3.24. The normalized spacial score (nSPS) is 12.5. The van der Waals surface area contributed by atoms with Gasteiger partial charge in [-0.2, -0.15) is 13.2 Å². The van der Waals surface area contributed by atoms with Crippen LogP contribution >= 0.6 is 0 Å². The van der Waals surface area contributed by atoms with Gasteiger partial charge in [0, 0.05) is 6.54 Å². The number of benzene rings is 2. The molecular weight excluding hydrogens is 376 g/mol. The highest BCUT2D eigenvalue weighted by Gasteiger charge is 2.30. The minimum atomic E-state index is -4.48. The van der Waals surface area contributed by atoms with Crippen molar-refractivity contribution in [2.24, 2.45) is 5.92 Å². The van der Waals surface area contributed by atoms with Crippen molar-refractivity contribution in [3.05, 3.63) is 71.0 Å². The molecule has 0 radical (unpaired) electrons. The van der Waals surface area contributed by atoms with Gasteiger partial charge in [0.15, 0.2) is 0 Å². The summed E-state index contributed by atoms with van der Waals surface area (Å²) < 4.78 is 52.1. The second-order valence-corrected chi connectivity index (χ2v) is 6.59. The summed E-state index contributed by atoms with van der Waals surface area (Å²) in [5.74, 6) is -2.35. The molecule has 2 aromatic rings. The van der Waals surface area contributed by atoms with E-state index >= 15 is 0 Å². The lowest BCUT2D eigenvalue weighted by molar-refractivity contribution is -0.137. The van der Waals surface area contributed by atoms with Crippen molar-refractivity contribution < 1.29 is 27.2 Å². The van der Waals surface area contributed by atoms with Crippen LogP contribution in [0.5, 0.6) is 0 Å². The summed E-state index contributed by atoms with van der Waals surface area (Å²) >= 11 is 0. The van der Waals surface area contributed by atoms with Crippen molar-refractivity contribution in [2.75, 3.05) is 0 Å². The maximum atomic E-state index is 13.7. The van der Waals surface area contributed by atoms with Gasteiger partial charge in [-0.15, -0.1) is 0 Å². The van der Waals surface area contributed by atoms with Crippen LogP contribution in [0.25, 0.3) is 0 Å². The Kier molecular flexibility index (Phi) is 6.77. The van der Waals surface area contributed by atoms with E-state index in [2.05, 4.69) is 10.6 Å². The molecule has 0 aromatic heterocycles. The zero-order valence-corrected chi connectivity index (χ0v) is 15.3. The molecule has 2 N–H and O–H groups in total. The Hall–Kier alpha value is -2.90. The van der Waals surface area contributed by atoms with Crippen LogP contribution in [-0.2, 0) is 17.5 Å². The van der Waals surface area contributed by atoms with Gasteiger partial charge in [-0.05, 0) is 35.7 Å². The molecule has 0 aliphatic rings. The van der Waals surface area contributed by atoms with Crippen molar-refractivity contribution in [2.45, 2.75) is 32.6 Å². The first-order chi connectivity index (χ1) is 13.1. The van der Waals surface area contributed by atoms with E-state index in [1.54, 1.807) is 13.8 Å². The van der Waals surface area contributed by atoms with Gasteiger partial charge in [0.1, 0.15) is 11.9 Å². The van der Waals surface area contributed by atoms with Gasteiger partial charge < -0.3 is 10.6 Å². The smallest absolute Gasteiger partial charge is 0.350 e. The zero-order chi connectivity index (χ0) is 20.9. The van der Waals surface area contributed by atoms with Crippen LogP contribution in [0.3, 0.4) is 0 Å². The van der Waals surface area contributed by atoms with Gasteiger partial charge >= 0.3 is 6.18 Å². The van der Waals surface area contributed by atoms with E-state index in [0.717, 1.165) is 18.2 Å². The van der Waals surface area contributed by atoms with Crippen molar-refractivity contribution in [1.82, 2.24) is 10.6 Å². The Labute approximate surface area is 159 Å². The molecule has 150 valence electrons. The molecule has 28 heavy (non-hydrogen) atoms. The average molecular weight is 396 g/mol. The molecule has 1 atom stereocenters. The molecule has 0 saturated heterocycles. The second kappa shape index (κ2) is 8.86. The molecule has 0 heterocycles. The molecule has 0 spiro atoms. The summed E-state index contributed by atoms with van der Waals surface area (Å²) in [5, 5.41) is 4.99. The molecule has 0 aliphatic heterocycles. The van der Waals surface area contributed by atoms with Crippen molar-refractivity contribution in [1.29, 1.82) is 0 Å². The molecule has 2 amide bonds. The van der Waals surface area contributed by atoms with Crippen LogP contribution in [0.2, 0.25) is 0 Å². The average Bonchev–Trinajstić information content (AvgIpc) is 2.63. The van der Waals surface area contributed by atoms with E-state index in [1.807, 2.05) is 0 Å². The summed E-state index contributed by atoms with van der Waals surface area (Å²) in [4.78, 5) is 24.7. The third-order valence-corrected chi connectivity index (χ3v) is 4.08. The lowest BCUT2D eigenvalue weighted by atomic mass is 10.0. The predicted molar refractivity (Wildman–Crippen MR) is 95.8 cm³/mol. The van der Waals surface area contributed by atoms with Crippen LogP contribution in [0.1, 0.15) is 35.3 Å². The highest BCUT2D eigenvalue weighted by atomic mass is 19.4. The third kappa shape index (κ3) is 5.55. The van der Waals surface area contributed by atoms with Crippen molar-refractivity contribution in [3.8, 4) is 0 Å². The molecule has 0 unspecified atom stereocenters. The van der Waals surface area contributed by atoms with Gasteiger partial charge in [-0.25, -0.2) is 4.39 Å². The van der Waals surface area contributed by atoms with Gasteiger partial charge in [-0.3, -0.25) is 9.59 Å². The van der Waals surface area contributed by atoms with E-state index in [-0.39, 0.29) is 23.6 Å². The van der Waals surface area contributed by atoms with Crippen molar-refractivity contribution >= 4 is 11.8 Å². The SMILES string of the molecule is CC(C)[C@@H](NC(=O)c1ccccc1F)C(=O)NCc1cccc(C(F)(F)F)c1. The first-order valence-electron chi connectivity index (χ1n) is 8.59. The van der Waals surface area contributed by atoms with Gasteiger partial charge in [0.05, 0.1) is 11.1 Å². The van der Waals surface area contributed by atoms with E-state index in [9.17, 15) is 27.2 Å². The number of nitrogens with one attached hydrogen (secondary N) is 2. The lowest BCUT2D eigenvalue weighted by Crippen LogP contribution is -2.49. The standard InChI is InChI=1S/C20H20F4N2O2/c1-12(2)17(26-18(27)15-8-3-4-9-16(15)21)19(28)25-11-13-6-5-7-14(10-13)20(22,23)24/h3-10,12,17H,11H2,1-2H3,(H,25,28)(H,26,27)/t17-/m1/s1. The zero-order valence-electron chi connectivity index (χ0n) is 15.3. The number of rotatable bonds is 6. The van der Waals surface area contributed by atoms with Crippen LogP contribution in [-0.4, -0.2) is 17.9 Å². The molecule has 0 saturated carbocycles. The van der Waals surface area contributed by atoms with Crippen LogP contribution in [0.4, 0.5) is 17.6 Å². The molecule has 2 aromatic carbocycles. The summed E-state index contributed by atoms with van der Waals surface area (Å²) in [7, 11) is 0. The molecule has 4 nitrogen and oxygen atoms in total. The topological polar surface area (TPSA) is 58.2 Å². The molecule has 8 heteroatoms. The second-order valence-electron chi connectivity index (χ2n) is 6.59. The maximum absolute atomic E-state index is 13.7. The van der Waals surface area contributed by atoms with E-state index < -0.39 is 35.4 Å².